The molecular weight excluding hydrogens is 138 g/mol. The summed E-state index contributed by atoms with van der Waals surface area (Å²) in [5, 5.41) is 3.11. The lowest BCUT2D eigenvalue weighted by Crippen LogP contribution is -2.12. The third-order valence-electron chi connectivity index (χ3n) is 1.42. The summed E-state index contributed by atoms with van der Waals surface area (Å²) in [7, 11) is 3.93. The van der Waals surface area contributed by atoms with Crippen LogP contribution in [0.5, 0.6) is 0 Å². The Balaban J connectivity index is 2.74. The van der Waals surface area contributed by atoms with Crippen molar-refractivity contribution in [1.82, 2.24) is 10.2 Å². The summed E-state index contributed by atoms with van der Waals surface area (Å²) in [5.41, 5.74) is 1.10. The number of nitrogens with zero attached hydrogens (tertiary/aromatic N) is 2. The standard InChI is InChI=1S/C8H13N3/c1-7-4-5-9-8(6-10-7)11(2)3/h4-6,10H,1-3H3. The molecule has 11 heavy (non-hydrogen) atoms. The minimum Gasteiger partial charge on any atom is -0.362 e. The second-order valence-corrected chi connectivity index (χ2v) is 2.67. The maximum absolute atomic E-state index is 4.20. The van der Waals surface area contributed by atoms with Crippen LogP contribution >= 0.6 is 0 Å². The van der Waals surface area contributed by atoms with E-state index in [0.29, 0.717) is 0 Å². The third-order valence-corrected chi connectivity index (χ3v) is 1.42. The van der Waals surface area contributed by atoms with Gasteiger partial charge in [-0.25, -0.2) is 4.99 Å². The summed E-state index contributed by atoms with van der Waals surface area (Å²) in [6.07, 6.45) is 5.61. The number of aliphatic imine (C=N–C) groups is 1. The van der Waals surface area contributed by atoms with Crippen LogP contribution in [0.3, 0.4) is 0 Å². The highest BCUT2D eigenvalue weighted by atomic mass is 15.2. The lowest BCUT2D eigenvalue weighted by molar-refractivity contribution is 0.503. The average molecular weight is 151 g/mol. The van der Waals surface area contributed by atoms with Crippen molar-refractivity contribution >= 4 is 6.21 Å². The number of hydrogen-bond donors (Lipinski definition) is 1. The molecule has 1 rings (SSSR count). The Hall–Kier alpha value is -1.25. The Morgan fingerprint density at radius 2 is 2.18 bits per heavy atom. The first kappa shape index (κ1) is 7.85. The fourth-order valence-corrected chi connectivity index (χ4v) is 0.734. The van der Waals surface area contributed by atoms with E-state index in [1.807, 2.05) is 38.2 Å². The zero-order chi connectivity index (χ0) is 8.27. The highest BCUT2D eigenvalue weighted by molar-refractivity contribution is 5.73. The maximum atomic E-state index is 4.20. The molecule has 0 radical (unpaired) electrons. The topological polar surface area (TPSA) is 27.6 Å². The van der Waals surface area contributed by atoms with Crippen LogP contribution in [0.2, 0.25) is 0 Å². The van der Waals surface area contributed by atoms with Crippen LogP contribution in [0.25, 0.3) is 0 Å². The first-order valence-electron chi connectivity index (χ1n) is 3.55. The minimum absolute atomic E-state index is 0.929. The average Bonchev–Trinajstić information content (AvgIpc) is 2.13. The molecule has 0 atom stereocenters. The van der Waals surface area contributed by atoms with Gasteiger partial charge in [0.05, 0.1) is 0 Å². The third kappa shape index (κ3) is 2.11. The maximum Gasteiger partial charge on any atom is 0.144 e. The van der Waals surface area contributed by atoms with Gasteiger partial charge in [-0.05, 0) is 13.0 Å². The van der Waals surface area contributed by atoms with E-state index in [1.54, 1.807) is 6.21 Å². The summed E-state index contributed by atoms with van der Waals surface area (Å²) < 4.78 is 0. The molecule has 0 unspecified atom stereocenters. The number of nitrogens with one attached hydrogen (secondary N) is 1. The van der Waals surface area contributed by atoms with Crippen LogP contribution in [0, 0.1) is 0 Å². The molecule has 1 N–H and O–H groups in total. The second-order valence-electron chi connectivity index (χ2n) is 2.67. The van der Waals surface area contributed by atoms with Gasteiger partial charge in [0.15, 0.2) is 0 Å². The van der Waals surface area contributed by atoms with Crippen molar-refractivity contribution in [3.05, 3.63) is 23.8 Å². The smallest absolute Gasteiger partial charge is 0.144 e. The predicted molar refractivity (Wildman–Crippen MR) is 47.2 cm³/mol. The van der Waals surface area contributed by atoms with Crippen LogP contribution in [0.15, 0.2) is 28.8 Å². The van der Waals surface area contributed by atoms with E-state index in [1.165, 1.54) is 0 Å². The van der Waals surface area contributed by atoms with E-state index >= 15 is 0 Å². The molecule has 0 aromatic rings. The quantitative estimate of drug-likeness (QED) is 0.603. The monoisotopic (exact) mass is 151 g/mol. The predicted octanol–water partition coefficient (Wildman–Crippen LogP) is 0.925. The molecule has 0 aromatic carbocycles. The van der Waals surface area contributed by atoms with Crippen LogP contribution in [0.4, 0.5) is 0 Å². The molecule has 0 fully saturated rings. The molecular formula is C8H13N3. The molecule has 0 saturated carbocycles. The van der Waals surface area contributed by atoms with Crippen molar-refractivity contribution in [2.45, 2.75) is 6.92 Å². The van der Waals surface area contributed by atoms with Gasteiger partial charge in [0.2, 0.25) is 0 Å². The Kier molecular flexibility index (Phi) is 2.31. The van der Waals surface area contributed by atoms with Crippen molar-refractivity contribution in [3.8, 4) is 0 Å². The van der Waals surface area contributed by atoms with Crippen LogP contribution < -0.4 is 5.32 Å². The van der Waals surface area contributed by atoms with Gasteiger partial charge in [-0.1, -0.05) is 0 Å². The Labute approximate surface area is 67.1 Å². The molecule has 60 valence electrons. The van der Waals surface area contributed by atoms with Gasteiger partial charge in [0.25, 0.3) is 0 Å². The molecule has 3 nitrogen and oxygen atoms in total. The molecule has 0 saturated heterocycles. The van der Waals surface area contributed by atoms with E-state index in [2.05, 4.69) is 10.3 Å². The van der Waals surface area contributed by atoms with Gasteiger partial charge in [0, 0.05) is 32.2 Å². The molecule has 0 bridgehead atoms. The second kappa shape index (κ2) is 3.23. The van der Waals surface area contributed by atoms with Crippen LogP contribution in [-0.2, 0) is 0 Å². The van der Waals surface area contributed by atoms with Gasteiger partial charge in [0.1, 0.15) is 5.82 Å². The zero-order valence-corrected chi connectivity index (χ0v) is 7.13. The zero-order valence-electron chi connectivity index (χ0n) is 7.13. The van der Waals surface area contributed by atoms with Gasteiger partial charge < -0.3 is 10.2 Å². The van der Waals surface area contributed by atoms with Gasteiger partial charge >= 0.3 is 0 Å². The van der Waals surface area contributed by atoms with Gasteiger partial charge in [-0.2, -0.15) is 0 Å². The summed E-state index contributed by atoms with van der Waals surface area (Å²) >= 11 is 0. The molecule has 0 amide bonds. The molecule has 0 aliphatic carbocycles. The normalized spacial score (nSPS) is 16.3. The van der Waals surface area contributed by atoms with Crippen molar-refractivity contribution in [3.63, 3.8) is 0 Å². The number of rotatable bonds is 1. The van der Waals surface area contributed by atoms with Gasteiger partial charge in [-0.3, -0.25) is 0 Å². The lowest BCUT2D eigenvalue weighted by Gasteiger charge is -2.11. The summed E-state index contributed by atoms with van der Waals surface area (Å²) in [6.45, 7) is 2.00. The SMILES string of the molecule is CC1=CC=NC(N(C)C)=CN1. The van der Waals surface area contributed by atoms with Crippen LogP contribution in [-0.4, -0.2) is 25.2 Å². The van der Waals surface area contributed by atoms with Crippen molar-refractivity contribution in [2.75, 3.05) is 14.1 Å². The fraction of sp³-hybridized carbons (Fsp3) is 0.375. The summed E-state index contributed by atoms with van der Waals surface area (Å²) in [5.74, 6) is 0.929. The molecule has 1 aliphatic rings. The molecule has 1 aliphatic heterocycles. The summed E-state index contributed by atoms with van der Waals surface area (Å²) in [6, 6.07) is 0. The lowest BCUT2D eigenvalue weighted by atomic mass is 10.4. The number of hydrogen-bond acceptors (Lipinski definition) is 3. The van der Waals surface area contributed by atoms with Crippen molar-refractivity contribution in [2.24, 2.45) is 4.99 Å². The van der Waals surface area contributed by atoms with Gasteiger partial charge in [-0.15, -0.1) is 0 Å². The van der Waals surface area contributed by atoms with E-state index in [9.17, 15) is 0 Å². The molecule has 0 spiro atoms. The van der Waals surface area contributed by atoms with E-state index < -0.39 is 0 Å². The van der Waals surface area contributed by atoms with Crippen molar-refractivity contribution in [1.29, 1.82) is 0 Å². The first-order chi connectivity index (χ1) is 5.20. The fourth-order valence-electron chi connectivity index (χ4n) is 0.734. The Morgan fingerprint density at radius 3 is 2.82 bits per heavy atom. The molecule has 0 aromatic heterocycles. The highest BCUT2D eigenvalue weighted by Crippen LogP contribution is 2.01. The van der Waals surface area contributed by atoms with Crippen molar-refractivity contribution < 1.29 is 0 Å². The first-order valence-corrected chi connectivity index (χ1v) is 3.55. The van der Waals surface area contributed by atoms with E-state index in [-0.39, 0.29) is 0 Å². The van der Waals surface area contributed by atoms with E-state index in [0.717, 1.165) is 11.5 Å². The number of allylic oxidation sites excluding steroid dienone is 2. The van der Waals surface area contributed by atoms with Crippen LogP contribution in [0.1, 0.15) is 6.92 Å². The largest absolute Gasteiger partial charge is 0.362 e. The Morgan fingerprint density at radius 1 is 1.45 bits per heavy atom. The summed E-state index contributed by atoms with van der Waals surface area (Å²) in [4.78, 5) is 6.15. The Bertz CT molecular complexity index is 223. The van der Waals surface area contributed by atoms with E-state index in [4.69, 9.17) is 0 Å². The molecule has 1 heterocycles. The highest BCUT2D eigenvalue weighted by Gasteiger charge is 1.97. The molecule has 3 heteroatoms. The minimum atomic E-state index is 0.929.